The number of esters is 2. The number of nitrogens with two attached hydrogens (primary N) is 2. The van der Waals surface area contributed by atoms with Gasteiger partial charge in [0.1, 0.15) is 0 Å². The second-order valence-electron chi connectivity index (χ2n) is 41.4. The van der Waals surface area contributed by atoms with E-state index in [0.717, 1.165) is 97.0 Å². The van der Waals surface area contributed by atoms with Crippen molar-refractivity contribution >= 4 is 108 Å². The van der Waals surface area contributed by atoms with Crippen LogP contribution in [0.4, 0.5) is 0 Å². The molecule has 4 amide bonds. The summed E-state index contributed by atoms with van der Waals surface area (Å²) in [5.74, 6) is 5.83. The molecule has 12 atom stereocenters. The maximum absolute atomic E-state index is 12.9. The van der Waals surface area contributed by atoms with E-state index >= 15 is 0 Å². The van der Waals surface area contributed by atoms with Gasteiger partial charge in [0.05, 0.1) is 23.3 Å². The van der Waals surface area contributed by atoms with Crippen LogP contribution in [0.3, 0.4) is 0 Å². The van der Waals surface area contributed by atoms with E-state index in [1.54, 1.807) is 83.4 Å². The minimum atomic E-state index is -0.732. The number of carbonyl (C=O) groups excluding carboxylic acids is 8. The summed E-state index contributed by atoms with van der Waals surface area (Å²) in [6, 6.07) is 26.1. The van der Waals surface area contributed by atoms with Gasteiger partial charge in [-0.3, -0.25) is 43.4 Å². The van der Waals surface area contributed by atoms with Crippen molar-refractivity contribution in [2.45, 2.75) is 496 Å². The molecule has 12 unspecified atom stereocenters. The van der Waals surface area contributed by atoms with E-state index < -0.39 is 18.8 Å². The number of hydrogen-bond acceptors (Lipinski definition) is 14. The van der Waals surface area contributed by atoms with Crippen LogP contribution in [0.2, 0.25) is 0 Å². The number of amides is 4. The number of imide groups is 2. The zero-order valence-corrected chi connectivity index (χ0v) is 104. The third-order valence-corrected chi connectivity index (χ3v) is 31.6. The molecular formula is C121H206N4O10P4S2U2. The number of benzene rings is 4. The molecule has 0 saturated heterocycles. The van der Waals surface area contributed by atoms with E-state index in [0.29, 0.717) is 46.5 Å². The molecule has 8 rings (SSSR count). The number of Topliss-reactive ketones (excluding diaryl/α,β-unsaturated/α-hetero) is 2. The molecule has 2 aliphatic heterocycles. The van der Waals surface area contributed by atoms with Crippen molar-refractivity contribution in [1.29, 1.82) is 0 Å². The van der Waals surface area contributed by atoms with Crippen molar-refractivity contribution in [3.63, 3.8) is 0 Å². The summed E-state index contributed by atoms with van der Waals surface area (Å²) in [6.45, 7) is 25.1. The molecule has 4 N–H and O–H groups in total. The fraction of sp³-hybridized carbons (Fsp3) is 0.736. The number of ketones is 2. The van der Waals surface area contributed by atoms with Crippen molar-refractivity contribution in [3.05, 3.63) is 135 Å². The molecule has 2 aliphatic carbocycles. The zero-order valence-electron chi connectivity index (χ0n) is 90.0. The zero-order chi connectivity index (χ0) is 101. The van der Waals surface area contributed by atoms with Crippen molar-refractivity contribution < 1.29 is 110 Å². The third kappa shape index (κ3) is 59.2. The molecule has 4 aliphatic rings. The average molecular weight is 2540 g/mol. The predicted octanol–water partition coefficient (Wildman–Crippen LogP) is 35.4. The number of aryl methyl sites for hydroxylation is 1. The molecule has 2 heterocycles. The number of nitrogens with zero attached hydrogens (tertiary/aromatic N) is 2. The van der Waals surface area contributed by atoms with E-state index in [1.807, 2.05) is 37.9 Å². The average Bonchev–Trinajstić information content (AvgIpc) is 1.65. The van der Waals surface area contributed by atoms with Gasteiger partial charge in [-0.15, -0.1) is 17.9 Å². The van der Waals surface area contributed by atoms with Crippen LogP contribution >= 0.6 is 31.5 Å². The van der Waals surface area contributed by atoms with Crippen molar-refractivity contribution in [1.82, 2.24) is 9.80 Å². The van der Waals surface area contributed by atoms with E-state index in [1.165, 1.54) is 376 Å². The number of fused-ring (bicyclic) bond motifs is 2. The monoisotopic (exact) mass is 2540 g/mol. The maximum atomic E-state index is 12.9. The Balaban J connectivity index is 0. The molecule has 0 aromatic heterocycles. The van der Waals surface area contributed by atoms with E-state index in [4.69, 9.17) is 33.2 Å². The molecule has 22 heteroatoms. The second-order valence-corrected chi connectivity index (χ2v) is 52.7. The summed E-state index contributed by atoms with van der Waals surface area (Å²) in [7, 11) is 5.09. The summed E-state index contributed by atoms with van der Waals surface area (Å²) < 4.78 is 10.1. The molecule has 14 nitrogen and oxygen atoms in total. The number of rotatable bonds is 69. The van der Waals surface area contributed by atoms with Crippen LogP contribution in [0.5, 0.6) is 0 Å². The fourth-order valence-corrected chi connectivity index (χ4v) is 23.2. The summed E-state index contributed by atoms with van der Waals surface area (Å²) >= 11 is 9.78. The molecule has 4 aromatic carbocycles. The molecule has 4 aromatic rings. The Morgan fingerprint density at radius 2 is 0.657 bits per heavy atom. The Bertz CT molecular complexity index is 3910. The van der Waals surface area contributed by atoms with Crippen molar-refractivity contribution in [2.75, 3.05) is 32.8 Å². The number of hydrogen-bond donors (Lipinski definition) is 2. The van der Waals surface area contributed by atoms with Gasteiger partial charge in [0, 0.05) is 24.2 Å². The smallest absolute Gasteiger partial charge is 0.755 e. The van der Waals surface area contributed by atoms with Gasteiger partial charge < -0.3 is 45.4 Å². The standard InChI is InChI=1S/C55H83N2O4.C38H78N2.C14H17O4.C10H11O2P2S.CH5P2S.3CH4.2U/c1-4-6-8-10-16-22-30-44-37-38-45(31-23-17-12-14-20-29-41-57-54(60)50-39-36-43(3)42-51(50)55(57)61)47(46(44)32-24-18-11-9-7-5-2)33-25-19-13-15-21-28-40-56-52(58)48-34-26-27-35-49(48)53(56)59;1-3-5-7-9-15-21-27-35-31-32-36(28-22-16-11-13-19-25-33-39)38(30-24-18-12-14-20-26-34-40)37(35)29-23-17-10-8-6-4-2;1-9(2)17-13(15)11-7-5-6-8-12(11)14(16)18-10(3)4;1-6(11)9-4-3-8(14(13)15)5-10(9)7(2)12;1-3(2)4;;;;;/h26,34-36,39,42,44-47H,4-25,28-33,37-38,40-41H2,1-3H3;35-38H,3-34,39-40H2,1-2H3;5,7-10H,1-4H3;3-5H,13H2,1-2H3;2H2,1H3;3*1H4;;/q-1;;3*-1;;;;2*+2. The molecule has 810 valence electrons. The molecule has 0 radical (unpaired) electrons. The van der Waals surface area contributed by atoms with Gasteiger partial charge in [-0.25, -0.2) is 18.4 Å². The van der Waals surface area contributed by atoms with Crippen LogP contribution < -0.4 is 16.8 Å². The summed E-state index contributed by atoms with van der Waals surface area (Å²) in [5, 5.41) is 0.931. The molecule has 2 fully saturated rings. The van der Waals surface area contributed by atoms with Gasteiger partial charge in [0.25, 0.3) is 17.8 Å². The second kappa shape index (κ2) is 89.2. The first-order chi connectivity index (χ1) is 66.7. The van der Waals surface area contributed by atoms with Gasteiger partial charge in [-0.1, -0.05) is 400 Å². The van der Waals surface area contributed by atoms with Crippen LogP contribution in [-0.2, 0) is 34.0 Å². The van der Waals surface area contributed by atoms with Gasteiger partial charge in [-0.2, -0.15) is 48.5 Å². The fourth-order valence-electron chi connectivity index (χ4n) is 21.9. The first-order valence-electron chi connectivity index (χ1n) is 55.9. The normalized spacial score (nSPS) is 17.5. The van der Waals surface area contributed by atoms with Crippen molar-refractivity contribution in [2.24, 2.45) is 58.8 Å². The Morgan fingerprint density at radius 3 is 0.979 bits per heavy atom. The minimum absolute atomic E-state index is 0. The number of carbonyl (C=O) groups is 8. The van der Waals surface area contributed by atoms with Gasteiger partial charge >= 0.3 is 68.2 Å². The van der Waals surface area contributed by atoms with Gasteiger partial charge in [-0.05, 0) is 221 Å². The van der Waals surface area contributed by atoms with E-state index in [9.17, 15) is 38.4 Å². The van der Waals surface area contributed by atoms with Crippen LogP contribution in [0, 0.1) is 129 Å². The Morgan fingerprint density at radius 1 is 0.371 bits per heavy atom. The SMILES string of the molecule is C.C.C.CC(=O)c1ccc(P(P)[S-])cc1C(C)=O.CC(C)OC(=O)c1c[c-]ccc1C(=O)OC(C)C.CCCCCCCCC1CCC(CCCCCCCCN)C(CCCCCCCCN)C1CCCCCCCC.CCCCCCCCC1CCC(CCCCCCCCN2C(=O)c3ccc(C)cc3C2=O)C(CCCCCCCCN2C(=O)c3c[c-]ccc3C2=O)C1CCCCCCCC.CP(P)[S-].[U+2].[U+2]. The topological polar surface area (TPSA) is 214 Å². The van der Waals surface area contributed by atoms with E-state index in [-0.39, 0.29) is 150 Å². The molecular weight excluding hydrogens is 2330 g/mol. The van der Waals surface area contributed by atoms with Crippen LogP contribution in [0.15, 0.2) is 72.8 Å². The number of ether oxygens (including phenoxy) is 2. The molecule has 143 heavy (non-hydrogen) atoms. The third-order valence-electron chi connectivity index (χ3n) is 29.3. The van der Waals surface area contributed by atoms with Crippen LogP contribution in [-0.4, -0.2) is 102 Å². The predicted molar refractivity (Wildman–Crippen MR) is 620 cm³/mol. The Kier molecular flexibility index (Phi) is 89.2. The summed E-state index contributed by atoms with van der Waals surface area (Å²) in [5.41, 5.74) is 15.9. The van der Waals surface area contributed by atoms with Gasteiger partial charge in [0.15, 0.2) is 11.6 Å². The van der Waals surface area contributed by atoms with Gasteiger partial charge in [0.2, 0.25) is 11.8 Å². The number of unbranched alkanes of at least 4 members (excludes halogenated alkanes) is 40. The molecule has 0 spiro atoms. The maximum Gasteiger partial charge on any atom is 2.00 e. The van der Waals surface area contributed by atoms with Crippen molar-refractivity contribution in [3.8, 4) is 0 Å². The molecule has 2 saturated carbocycles. The molecule has 0 bridgehead atoms. The first kappa shape index (κ1) is 143. The summed E-state index contributed by atoms with van der Waals surface area (Å²) in [6.07, 6.45) is 82.1. The Labute approximate surface area is 942 Å². The minimum Gasteiger partial charge on any atom is -0.755 e. The first-order valence-corrected chi connectivity index (χ1v) is 64.3. The Hall–Kier alpha value is -2.12. The van der Waals surface area contributed by atoms with Crippen LogP contribution in [0.1, 0.15) is 565 Å². The largest absolute Gasteiger partial charge is 2.00 e. The summed E-state index contributed by atoms with van der Waals surface area (Å²) in [4.78, 5) is 101. The van der Waals surface area contributed by atoms with Crippen LogP contribution in [0.25, 0.3) is 0 Å². The quantitative estimate of drug-likeness (QED) is 0.00800. The van der Waals surface area contributed by atoms with E-state index in [2.05, 4.69) is 69.9 Å².